The van der Waals surface area contributed by atoms with Gasteiger partial charge in [0, 0.05) is 6.04 Å². The number of hydrogen-bond donors (Lipinski definition) is 2. The Kier molecular flexibility index (Phi) is 3.45. The van der Waals surface area contributed by atoms with Gasteiger partial charge in [0.2, 0.25) is 0 Å². The molecule has 2 aliphatic rings. The Bertz CT molecular complexity index is 177. The van der Waals surface area contributed by atoms with Crippen LogP contribution in [0.5, 0.6) is 0 Å². The Labute approximate surface area is 86.9 Å². The van der Waals surface area contributed by atoms with Crippen LogP contribution in [0, 0.1) is 11.8 Å². The molecule has 0 aromatic rings. The van der Waals surface area contributed by atoms with E-state index in [0.29, 0.717) is 0 Å². The normalized spacial score (nSPS) is 41.1. The van der Waals surface area contributed by atoms with E-state index in [1.807, 2.05) is 0 Å². The van der Waals surface area contributed by atoms with Crippen molar-refractivity contribution in [3.8, 4) is 0 Å². The molecule has 3 unspecified atom stereocenters. The standard InChI is InChI=1S/C12H23NO/c13-11-8-10(6-7-12(11)14)9-4-2-1-3-5-9/h9-12,14H,1-8,13H2. The lowest BCUT2D eigenvalue weighted by Gasteiger charge is -2.37. The molecule has 2 aliphatic carbocycles. The smallest absolute Gasteiger partial charge is 0.0691 e. The fourth-order valence-corrected chi connectivity index (χ4v) is 3.26. The SMILES string of the molecule is NC1CC(C2CCCCC2)CCC1O. The Balaban J connectivity index is 1.85. The summed E-state index contributed by atoms with van der Waals surface area (Å²) in [4.78, 5) is 0. The van der Waals surface area contributed by atoms with Gasteiger partial charge in [0.25, 0.3) is 0 Å². The molecule has 2 saturated carbocycles. The summed E-state index contributed by atoms with van der Waals surface area (Å²) < 4.78 is 0. The highest BCUT2D eigenvalue weighted by atomic mass is 16.3. The molecule has 14 heavy (non-hydrogen) atoms. The van der Waals surface area contributed by atoms with Crippen molar-refractivity contribution in [3.63, 3.8) is 0 Å². The van der Waals surface area contributed by atoms with E-state index < -0.39 is 0 Å². The highest BCUT2D eigenvalue weighted by Crippen LogP contribution is 2.37. The first-order valence-corrected chi connectivity index (χ1v) is 6.21. The molecule has 0 bridgehead atoms. The van der Waals surface area contributed by atoms with Crippen LogP contribution in [0.3, 0.4) is 0 Å². The number of aliphatic hydroxyl groups is 1. The molecule has 0 heterocycles. The van der Waals surface area contributed by atoms with Crippen molar-refractivity contribution in [1.82, 2.24) is 0 Å². The van der Waals surface area contributed by atoms with E-state index in [2.05, 4.69) is 0 Å². The van der Waals surface area contributed by atoms with Gasteiger partial charge in [0.15, 0.2) is 0 Å². The molecule has 0 radical (unpaired) electrons. The van der Waals surface area contributed by atoms with Crippen molar-refractivity contribution >= 4 is 0 Å². The minimum Gasteiger partial charge on any atom is -0.392 e. The third-order valence-electron chi connectivity index (χ3n) is 4.22. The molecule has 2 rings (SSSR count). The average Bonchev–Trinajstić information content (AvgIpc) is 2.23. The topological polar surface area (TPSA) is 46.2 Å². The van der Waals surface area contributed by atoms with Gasteiger partial charge in [0.1, 0.15) is 0 Å². The second-order valence-corrected chi connectivity index (χ2v) is 5.20. The van der Waals surface area contributed by atoms with Crippen LogP contribution in [-0.2, 0) is 0 Å². The van der Waals surface area contributed by atoms with Crippen molar-refractivity contribution < 1.29 is 5.11 Å². The Morgan fingerprint density at radius 1 is 0.857 bits per heavy atom. The highest BCUT2D eigenvalue weighted by Gasteiger charge is 2.31. The summed E-state index contributed by atoms with van der Waals surface area (Å²) in [6.07, 6.45) is 10.1. The summed E-state index contributed by atoms with van der Waals surface area (Å²) in [6, 6.07) is 0.0516. The molecule has 2 nitrogen and oxygen atoms in total. The van der Waals surface area contributed by atoms with Crippen LogP contribution in [0.2, 0.25) is 0 Å². The molecule has 0 spiro atoms. The van der Waals surface area contributed by atoms with Gasteiger partial charge in [-0.25, -0.2) is 0 Å². The number of nitrogens with two attached hydrogens (primary N) is 1. The Hall–Kier alpha value is -0.0800. The maximum absolute atomic E-state index is 9.57. The van der Waals surface area contributed by atoms with E-state index in [0.717, 1.165) is 24.7 Å². The summed E-state index contributed by atoms with van der Waals surface area (Å²) in [5.41, 5.74) is 5.93. The van der Waals surface area contributed by atoms with Crippen LogP contribution in [0.4, 0.5) is 0 Å². The molecule has 3 N–H and O–H groups in total. The zero-order chi connectivity index (χ0) is 9.97. The number of hydrogen-bond acceptors (Lipinski definition) is 2. The van der Waals surface area contributed by atoms with Crippen molar-refractivity contribution in [1.29, 1.82) is 0 Å². The predicted molar refractivity (Wildman–Crippen MR) is 57.9 cm³/mol. The van der Waals surface area contributed by atoms with Crippen molar-refractivity contribution in [2.24, 2.45) is 17.6 Å². The van der Waals surface area contributed by atoms with Crippen molar-refractivity contribution in [2.75, 3.05) is 0 Å². The van der Waals surface area contributed by atoms with Gasteiger partial charge >= 0.3 is 0 Å². The molecule has 0 saturated heterocycles. The summed E-state index contributed by atoms with van der Waals surface area (Å²) in [5.74, 6) is 1.73. The Morgan fingerprint density at radius 2 is 1.57 bits per heavy atom. The molecular formula is C12H23NO. The summed E-state index contributed by atoms with van der Waals surface area (Å²) in [7, 11) is 0. The number of rotatable bonds is 1. The molecular weight excluding hydrogens is 174 g/mol. The van der Waals surface area contributed by atoms with Gasteiger partial charge < -0.3 is 10.8 Å². The molecule has 82 valence electrons. The minimum atomic E-state index is -0.227. The van der Waals surface area contributed by atoms with E-state index in [9.17, 15) is 5.11 Å². The zero-order valence-electron chi connectivity index (χ0n) is 8.99. The van der Waals surface area contributed by atoms with Gasteiger partial charge in [-0.1, -0.05) is 32.1 Å². The van der Waals surface area contributed by atoms with Gasteiger partial charge in [-0.3, -0.25) is 0 Å². The van der Waals surface area contributed by atoms with Crippen LogP contribution >= 0.6 is 0 Å². The summed E-state index contributed by atoms with van der Waals surface area (Å²) in [5, 5.41) is 9.57. The lowest BCUT2D eigenvalue weighted by Crippen LogP contribution is -2.42. The molecule has 3 atom stereocenters. The van der Waals surface area contributed by atoms with Crippen LogP contribution < -0.4 is 5.73 Å². The first-order valence-electron chi connectivity index (χ1n) is 6.21. The van der Waals surface area contributed by atoms with E-state index in [4.69, 9.17) is 5.73 Å². The molecule has 0 aliphatic heterocycles. The molecule has 2 heteroatoms. The minimum absolute atomic E-state index is 0.0516. The van der Waals surface area contributed by atoms with Crippen LogP contribution in [0.25, 0.3) is 0 Å². The predicted octanol–water partition coefficient (Wildman–Crippen LogP) is 2.06. The van der Waals surface area contributed by atoms with Crippen LogP contribution in [0.1, 0.15) is 51.4 Å². The average molecular weight is 197 g/mol. The second kappa shape index (κ2) is 4.63. The molecule has 0 aromatic heterocycles. The summed E-state index contributed by atoms with van der Waals surface area (Å²) in [6.45, 7) is 0. The Morgan fingerprint density at radius 3 is 2.21 bits per heavy atom. The van der Waals surface area contributed by atoms with Gasteiger partial charge in [-0.05, 0) is 31.1 Å². The van der Waals surface area contributed by atoms with Crippen molar-refractivity contribution in [3.05, 3.63) is 0 Å². The van der Waals surface area contributed by atoms with Gasteiger partial charge in [0.05, 0.1) is 6.10 Å². The third kappa shape index (κ3) is 2.29. The first kappa shape index (κ1) is 10.4. The van der Waals surface area contributed by atoms with E-state index in [1.165, 1.54) is 38.5 Å². The van der Waals surface area contributed by atoms with Gasteiger partial charge in [-0.2, -0.15) is 0 Å². The van der Waals surface area contributed by atoms with Gasteiger partial charge in [-0.15, -0.1) is 0 Å². The maximum atomic E-state index is 9.57. The monoisotopic (exact) mass is 197 g/mol. The zero-order valence-corrected chi connectivity index (χ0v) is 8.99. The van der Waals surface area contributed by atoms with Crippen LogP contribution in [0.15, 0.2) is 0 Å². The van der Waals surface area contributed by atoms with Crippen LogP contribution in [-0.4, -0.2) is 17.3 Å². The first-order chi connectivity index (χ1) is 6.77. The van der Waals surface area contributed by atoms with E-state index in [1.54, 1.807) is 0 Å². The molecule has 0 amide bonds. The molecule has 2 fully saturated rings. The molecule has 0 aromatic carbocycles. The summed E-state index contributed by atoms with van der Waals surface area (Å²) >= 11 is 0. The lowest BCUT2D eigenvalue weighted by atomic mass is 9.71. The van der Waals surface area contributed by atoms with E-state index in [-0.39, 0.29) is 12.1 Å². The third-order valence-corrected chi connectivity index (χ3v) is 4.22. The largest absolute Gasteiger partial charge is 0.392 e. The fraction of sp³-hybridized carbons (Fsp3) is 1.00. The fourth-order valence-electron chi connectivity index (χ4n) is 3.26. The maximum Gasteiger partial charge on any atom is 0.0691 e. The quantitative estimate of drug-likeness (QED) is 0.676. The highest BCUT2D eigenvalue weighted by molar-refractivity contribution is 4.86. The lowest BCUT2D eigenvalue weighted by molar-refractivity contribution is 0.0629. The van der Waals surface area contributed by atoms with Crippen molar-refractivity contribution in [2.45, 2.75) is 63.5 Å². The van der Waals surface area contributed by atoms with E-state index >= 15 is 0 Å². The number of aliphatic hydroxyl groups excluding tert-OH is 1. The second-order valence-electron chi connectivity index (χ2n) is 5.20.